The Morgan fingerprint density at radius 3 is 2.73 bits per heavy atom. The minimum Gasteiger partial charge on any atom is -0.460 e. The van der Waals surface area contributed by atoms with E-state index in [4.69, 9.17) is 10.2 Å². The van der Waals surface area contributed by atoms with Gasteiger partial charge in [-0.3, -0.25) is 4.79 Å². The van der Waals surface area contributed by atoms with Crippen LogP contribution in [0.1, 0.15) is 22.5 Å². The van der Waals surface area contributed by atoms with Crippen LogP contribution in [0.3, 0.4) is 0 Å². The molecule has 1 saturated heterocycles. The van der Waals surface area contributed by atoms with Gasteiger partial charge >= 0.3 is 0 Å². The van der Waals surface area contributed by atoms with Crippen molar-refractivity contribution >= 4 is 5.91 Å². The fraction of sp³-hybridized carbons (Fsp3) is 0.300. The van der Waals surface area contributed by atoms with Crippen molar-refractivity contribution in [2.75, 3.05) is 19.6 Å². The molecular formula is C20H22N4O2. The number of carbonyl (C=O) groups is 1. The number of likely N-dealkylation sites (tertiary alicyclic amines) is 1. The molecule has 0 saturated carbocycles. The predicted octanol–water partition coefficient (Wildman–Crippen LogP) is 2.86. The number of furan rings is 1. The monoisotopic (exact) mass is 350 g/mol. The normalized spacial score (nSPS) is 17.0. The van der Waals surface area contributed by atoms with Crippen molar-refractivity contribution in [3.8, 4) is 17.1 Å². The number of nitrogens with zero attached hydrogens (tertiary/aromatic N) is 3. The van der Waals surface area contributed by atoms with E-state index in [0.29, 0.717) is 36.0 Å². The highest BCUT2D eigenvalue weighted by molar-refractivity contribution is 5.99. The lowest BCUT2D eigenvalue weighted by Crippen LogP contribution is -2.30. The summed E-state index contributed by atoms with van der Waals surface area (Å²) in [6.07, 6.45) is 2.74. The van der Waals surface area contributed by atoms with E-state index in [9.17, 15) is 4.79 Å². The van der Waals surface area contributed by atoms with Crippen molar-refractivity contribution in [2.24, 2.45) is 11.7 Å². The molecule has 1 aliphatic rings. The molecule has 1 aliphatic heterocycles. The van der Waals surface area contributed by atoms with Crippen LogP contribution in [0.4, 0.5) is 0 Å². The van der Waals surface area contributed by atoms with Crippen LogP contribution in [0.2, 0.25) is 0 Å². The highest BCUT2D eigenvalue weighted by Gasteiger charge is 2.30. The maximum absolute atomic E-state index is 13.1. The number of carbonyl (C=O) groups excluding carboxylic acids is 1. The largest absolute Gasteiger partial charge is 0.460 e. The van der Waals surface area contributed by atoms with Gasteiger partial charge in [-0.25, -0.2) is 4.68 Å². The number of aromatic nitrogens is 2. The van der Waals surface area contributed by atoms with Gasteiger partial charge in [-0.15, -0.1) is 0 Å². The number of rotatable bonds is 4. The van der Waals surface area contributed by atoms with Crippen LogP contribution >= 0.6 is 0 Å². The quantitative estimate of drug-likeness (QED) is 0.785. The van der Waals surface area contributed by atoms with E-state index < -0.39 is 0 Å². The first kappa shape index (κ1) is 16.6. The Morgan fingerprint density at radius 1 is 1.27 bits per heavy atom. The Bertz CT molecular complexity index is 913. The van der Waals surface area contributed by atoms with Crippen LogP contribution in [0.25, 0.3) is 17.1 Å². The molecule has 0 bridgehead atoms. The summed E-state index contributed by atoms with van der Waals surface area (Å²) in [5.74, 6) is 1.75. The summed E-state index contributed by atoms with van der Waals surface area (Å²) >= 11 is 0. The lowest BCUT2D eigenvalue weighted by Gasteiger charge is -2.15. The summed E-state index contributed by atoms with van der Waals surface area (Å²) in [5.41, 5.74) is 7.80. The Kier molecular flexibility index (Phi) is 4.34. The van der Waals surface area contributed by atoms with Crippen molar-refractivity contribution in [1.29, 1.82) is 0 Å². The molecule has 1 aromatic carbocycles. The van der Waals surface area contributed by atoms with Crippen molar-refractivity contribution in [3.63, 3.8) is 0 Å². The number of hydrogen-bond donors (Lipinski definition) is 1. The molecule has 4 rings (SSSR count). The second-order valence-electron chi connectivity index (χ2n) is 6.72. The first-order valence-electron chi connectivity index (χ1n) is 8.87. The van der Waals surface area contributed by atoms with E-state index in [1.807, 2.05) is 54.3 Å². The molecule has 1 fully saturated rings. The van der Waals surface area contributed by atoms with E-state index in [-0.39, 0.29) is 5.91 Å². The molecule has 0 radical (unpaired) electrons. The summed E-state index contributed by atoms with van der Waals surface area (Å²) in [5, 5.41) is 4.65. The van der Waals surface area contributed by atoms with E-state index in [2.05, 4.69) is 5.10 Å². The Hall–Kier alpha value is -2.86. The molecule has 26 heavy (non-hydrogen) atoms. The number of nitrogens with two attached hydrogens (primary N) is 1. The van der Waals surface area contributed by atoms with Gasteiger partial charge in [0.15, 0.2) is 5.76 Å². The molecule has 6 nitrogen and oxygen atoms in total. The Morgan fingerprint density at radius 2 is 2.08 bits per heavy atom. The van der Waals surface area contributed by atoms with Crippen molar-refractivity contribution in [1.82, 2.24) is 14.7 Å². The van der Waals surface area contributed by atoms with Crippen LogP contribution in [0.5, 0.6) is 0 Å². The first-order valence-corrected chi connectivity index (χ1v) is 8.87. The molecular weight excluding hydrogens is 328 g/mol. The van der Waals surface area contributed by atoms with Crippen LogP contribution in [-0.2, 0) is 0 Å². The van der Waals surface area contributed by atoms with Crippen molar-refractivity contribution in [2.45, 2.75) is 13.3 Å². The van der Waals surface area contributed by atoms with E-state index in [1.54, 1.807) is 10.9 Å². The molecule has 134 valence electrons. The molecule has 1 amide bonds. The first-order chi connectivity index (χ1) is 12.7. The van der Waals surface area contributed by atoms with E-state index >= 15 is 0 Å². The lowest BCUT2D eigenvalue weighted by molar-refractivity contribution is 0.0788. The van der Waals surface area contributed by atoms with Gasteiger partial charge in [0.25, 0.3) is 5.91 Å². The molecule has 0 aliphatic carbocycles. The second kappa shape index (κ2) is 6.80. The third kappa shape index (κ3) is 3.04. The van der Waals surface area contributed by atoms with Gasteiger partial charge in [0, 0.05) is 19.3 Å². The molecule has 3 aromatic rings. The predicted molar refractivity (Wildman–Crippen MR) is 99.1 cm³/mol. The molecule has 1 atom stereocenters. The molecule has 1 unspecified atom stereocenters. The molecule has 2 aromatic heterocycles. The topological polar surface area (TPSA) is 77.3 Å². The van der Waals surface area contributed by atoms with Crippen LogP contribution < -0.4 is 5.73 Å². The number of amides is 1. The van der Waals surface area contributed by atoms with Gasteiger partial charge < -0.3 is 15.1 Å². The zero-order valence-corrected chi connectivity index (χ0v) is 14.8. The summed E-state index contributed by atoms with van der Waals surface area (Å²) in [6, 6.07) is 13.5. The zero-order chi connectivity index (χ0) is 18.1. The number of aryl methyl sites for hydroxylation is 1. The second-order valence-corrected chi connectivity index (χ2v) is 6.72. The minimum atomic E-state index is -0.0211. The van der Waals surface area contributed by atoms with Gasteiger partial charge in [0.2, 0.25) is 0 Å². The third-order valence-electron chi connectivity index (χ3n) is 4.85. The summed E-state index contributed by atoms with van der Waals surface area (Å²) in [4.78, 5) is 15.0. The van der Waals surface area contributed by atoms with Crippen molar-refractivity contribution in [3.05, 3.63) is 60.0 Å². The highest BCUT2D eigenvalue weighted by atomic mass is 16.3. The number of para-hydroxylation sites is 1. The Balaban J connectivity index is 1.74. The third-order valence-corrected chi connectivity index (χ3v) is 4.85. The van der Waals surface area contributed by atoms with E-state index in [1.165, 1.54) is 0 Å². The molecule has 6 heteroatoms. The van der Waals surface area contributed by atoms with Gasteiger partial charge in [0.1, 0.15) is 11.5 Å². The average molecular weight is 350 g/mol. The van der Waals surface area contributed by atoms with Crippen LogP contribution in [0, 0.1) is 12.8 Å². The fourth-order valence-electron chi connectivity index (χ4n) is 3.37. The number of hydrogen-bond acceptors (Lipinski definition) is 4. The average Bonchev–Trinajstić information content (AvgIpc) is 3.40. The molecule has 0 spiro atoms. The molecule has 2 N–H and O–H groups in total. The standard InChI is InChI=1S/C20H22N4O2/c1-14-7-8-18(26-14)19-17(20(25)23-10-9-15(11-21)12-23)13-24(22-19)16-5-3-2-4-6-16/h2-8,13,15H,9-12,21H2,1H3. The highest BCUT2D eigenvalue weighted by Crippen LogP contribution is 2.28. The van der Waals surface area contributed by atoms with Gasteiger partial charge in [0.05, 0.1) is 11.3 Å². The van der Waals surface area contributed by atoms with Gasteiger partial charge in [-0.1, -0.05) is 18.2 Å². The van der Waals surface area contributed by atoms with Gasteiger partial charge in [-0.05, 0) is 50.1 Å². The maximum Gasteiger partial charge on any atom is 0.257 e. The SMILES string of the molecule is Cc1ccc(-c2nn(-c3ccccc3)cc2C(=O)N2CCC(CN)C2)o1. The smallest absolute Gasteiger partial charge is 0.257 e. The van der Waals surface area contributed by atoms with E-state index in [0.717, 1.165) is 24.4 Å². The fourth-order valence-corrected chi connectivity index (χ4v) is 3.37. The summed E-state index contributed by atoms with van der Waals surface area (Å²) in [6.45, 7) is 3.92. The minimum absolute atomic E-state index is 0.0211. The maximum atomic E-state index is 13.1. The van der Waals surface area contributed by atoms with Crippen molar-refractivity contribution < 1.29 is 9.21 Å². The zero-order valence-electron chi connectivity index (χ0n) is 14.8. The summed E-state index contributed by atoms with van der Waals surface area (Å²) < 4.78 is 7.48. The van der Waals surface area contributed by atoms with Crippen LogP contribution in [-0.4, -0.2) is 40.2 Å². The van der Waals surface area contributed by atoms with Gasteiger partial charge in [-0.2, -0.15) is 5.10 Å². The number of benzene rings is 1. The summed E-state index contributed by atoms with van der Waals surface area (Å²) in [7, 11) is 0. The molecule has 3 heterocycles. The Labute approximate surface area is 152 Å². The van der Waals surface area contributed by atoms with Crippen LogP contribution in [0.15, 0.2) is 53.1 Å². The lowest BCUT2D eigenvalue weighted by atomic mass is 10.1.